The van der Waals surface area contributed by atoms with Crippen molar-refractivity contribution in [3.63, 3.8) is 0 Å². The second-order valence-corrected chi connectivity index (χ2v) is 6.90. The summed E-state index contributed by atoms with van der Waals surface area (Å²) in [6, 6.07) is 10.6. The lowest BCUT2D eigenvalue weighted by atomic mass is 10.2. The average molecular weight is 414 g/mol. The quantitative estimate of drug-likeness (QED) is 0.746. The fourth-order valence-corrected chi connectivity index (χ4v) is 2.41. The van der Waals surface area contributed by atoms with Gasteiger partial charge < -0.3 is 10.1 Å². The number of aromatic nitrogens is 1. The van der Waals surface area contributed by atoms with Crippen LogP contribution in [0.15, 0.2) is 45.5 Å². The van der Waals surface area contributed by atoms with E-state index in [1.807, 2.05) is 30.3 Å². The molecule has 2 rings (SSSR count). The predicted molar refractivity (Wildman–Crippen MR) is 92.4 cm³/mol. The Labute approximate surface area is 142 Å². The third-order valence-corrected chi connectivity index (χ3v) is 3.84. The van der Waals surface area contributed by atoms with Gasteiger partial charge in [-0.3, -0.25) is 0 Å². The molecule has 0 spiro atoms. The van der Waals surface area contributed by atoms with Crippen LogP contribution in [0.2, 0.25) is 0 Å². The summed E-state index contributed by atoms with van der Waals surface area (Å²) in [5.74, 6) is 0.675. The molecular weight excluding hydrogens is 396 g/mol. The maximum atomic E-state index is 5.86. The van der Waals surface area contributed by atoms with Gasteiger partial charge in [0.1, 0.15) is 6.61 Å². The van der Waals surface area contributed by atoms with Crippen LogP contribution in [-0.2, 0) is 13.2 Å². The highest BCUT2D eigenvalue weighted by Gasteiger charge is 2.07. The molecule has 0 unspecified atom stereocenters. The van der Waals surface area contributed by atoms with E-state index >= 15 is 0 Å². The highest BCUT2D eigenvalue weighted by Crippen LogP contribution is 2.21. The van der Waals surface area contributed by atoms with Crippen molar-refractivity contribution in [2.45, 2.75) is 33.0 Å². The molecule has 1 aromatic heterocycles. The minimum atomic E-state index is 0.420. The summed E-state index contributed by atoms with van der Waals surface area (Å²) in [5, 5.41) is 3.39. The van der Waals surface area contributed by atoms with Crippen LogP contribution in [0.5, 0.6) is 5.88 Å². The molecule has 0 bridgehead atoms. The Hall–Kier alpha value is -0.910. The number of nitrogens with one attached hydrogen (secondary N) is 1. The molecule has 5 heteroatoms. The third-order valence-electron chi connectivity index (χ3n) is 2.88. The van der Waals surface area contributed by atoms with Gasteiger partial charge >= 0.3 is 0 Å². The lowest BCUT2D eigenvalue weighted by molar-refractivity contribution is 0.289. The molecule has 1 aromatic carbocycles. The molecule has 0 fully saturated rings. The van der Waals surface area contributed by atoms with E-state index in [9.17, 15) is 0 Å². The first-order chi connectivity index (χ1) is 10.0. The summed E-state index contributed by atoms with van der Waals surface area (Å²) in [5.41, 5.74) is 2.17. The van der Waals surface area contributed by atoms with Gasteiger partial charge in [-0.25, -0.2) is 4.98 Å². The second kappa shape index (κ2) is 7.92. The number of nitrogens with zero attached hydrogens (tertiary/aromatic N) is 1. The number of ether oxygens (including phenoxy) is 1. The van der Waals surface area contributed by atoms with Crippen molar-refractivity contribution in [3.05, 3.63) is 56.6 Å². The smallest absolute Gasteiger partial charge is 0.218 e. The Bertz CT molecular complexity index is 585. The zero-order valence-electron chi connectivity index (χ0n) is 12.1. The first-order valence-corrected chi connectivity index (χ1v) is 8.38. The lowest BCUT2D eigenvalue weighted by Crippen LogP contribution is -2.22. The van der Waals surface area contributed by atoms with E-state index in [0.717, 1.165) is 26.6 Å². The molecule has 0 aliphatic heterocycles. The highest BCUT2D eigenvalue weighted by atomic mass is 79.9. The maximum Gasteiger partial charge on any atom is 0.218 e. The van der Waals surface area contributed by atoms with Crippen LogP contribution in [0, 0.1) is 0 Å². The molecule has 0 aliphatic carbocycles. The maximum absolute atomic E-state index is 5.86. The first-order valence-electron chi connectivity index (χ1n) is 6.79. The Morgan fingerprint density at radius 1 is 1.14 bits per heavy atom. The SMILES string of the molecule is CC(C)NCc1cc(Br)cnc1OCc1ccc(Br)cc1. The number of hydrogen-bond acceptors (Lipinski definition) is 3. The van der Waals surface area contributed by atoms with Crippen LogP contribution in [0.1, 0.15) is 25.0 Å². The van der Waals surface area contributed by atoms with Gasteiger partial charge in [-0.15, -0.1) is 0 Å². The summed E-state index contributed by atoms with van der Waals surface area (Å²) >= 11 is 6.88. The molecule has 0 aliphatic rings. The monoisotopic (exact) mass is 412 g/mol. The van der Waals surface area contributed by atoms with Gasteiger partial charge in [0.05, 0.1) is 0 Å². The molecular formula is C16H18Br2N2O. The number of hydrogen-bond donors (Lipinski definition) is 1. The van der Waals surface area contributed by atoms with E-state index in [1.165, 1.54) is 0 Å². The van der Waals surface area contributed by atoms with Crippen molar-refractivity contribution in [1.29, 1.82) is 0 Å². The fourth-order valence-electron chi connectivity index (χ4n) is 1.77. The van der Waals surface area contributed by atoms with E-state index in [1.54, 1.807) is 6.20 Å². The van der Waals surface area contributed by atoms with E-state index in [4.69, 9.17) is 4.74 Å². The molecule has 1 N–H and O–H groups in total. The van der Waals surface area contributed by atoms with Crippen molar-refractivity contribution in [2.75, 3.05) is 0 Å². The van der Waals surface area contributed by atoms with Gasteiger partial charge in [-0.2, -0.15) is 0 Å². The molecule has 0 saturated heterocycles. The Morgan fingerprint density at radius 2 is 1.86 bits per heavy atom. The molecule has 0 amide bonds. The standard InChI is InChI=1S/C16H18Br2N2O/c1-11(2)19-8-13-7-15(18)9-20-16(13)21-10-12-3-5-14(17)6-4-12/h3-7,9,11,19H,8,10H2,1-2H3. The molecule has 2 aromatic rings. The van der Waals surface area contributed by atoms with Crippen molar-refractivity contribution in [2.24, 2.45) is 0 Å². The molecule has 0 saturated carbocycles. The molecule has 112 valence electrons. The van der Waals surface area contributed by atoms with Gasteiger partial charge in [0.2, 0.25) is 5.88 Å². The summed E-state index contributed by atoms with van der Waals surface area (Å²) in [6.07, 6.45) is 1.76. The van der Waals surface area contributed by atoms with Gasteiger partial charge in [0.15, 0.2) is 0 Å². The van der Waals surface area contributed by atoms with Crippen molar-refractivity contribution < 1.29 is 4.74 Å². The number of rotatable bonds is 6. The molecule has 0 atom stereocenters. The first kappa shape index (κ1) is 16.5. The zero-order valence-corrected chi connectivity index (χ0v) is 15.2. The fraction of sp³-hybridized carbons (Fsp3) is 0.312. The van der Waals surface area contributed by atoms with Crippen LogP contribution in [0.3, 0.4) is 0 Å². The van der Waals surface area contributed by atoms with E-state index in [-0.39, 0.29) is 0 Å². The topological polar surface area (TPSA) is 34.2 Å². The van der Waals surface area contributed by atoms with Gasteiger partial charge in [0.25, 0.3) is 0 Å². The second-order valence-electron chi connectivity index (χ2n) is 5.07. The average Bonchev–Trinajstić information content (AvgIpc) is 2.45. The summed E-state index contributed by atoms with van der Waals surface area (Å²) in [6.45, 7) is 5.48. The van der Waals surface area contributed by atoms with Crippen LogP contribution in [0.25, 0.3) is 0 Å². The molecule has 0 radical (unpaired) electrons. The van der Waals surface area contributed by atoms with E-state index < -0.39 is 0 Å². The van der Waals surface area contributed by atoms with E-state index in [0.29, 0.717) is 18.5 Å². The van der Waals surface area contributed by atoms with Gasteiger partial charge in [0, 0.05) is 33.3 Å². The predicted octanol–water partition coefficient (Wildman–Crippen LogP) is 4.68. The minimum Gasteiger partial charge on any atom is -0.473 e. The Kier molecular flexibility index (Phi) is 6.21. The Balaban J connectivity index is 2.06. The Morgan fingerprint density at radius 3 is 2.52 bits per heavy atom. The van der Waals surface area contributed by atoms with Gasteiger partial charge in [-0.05, 0) is 39.7 Å². The van der Waals surface area contributed by atoms with Crippen molar-refractivity contribution >= 4 is 31.9 Å². The summed E-state index contributed by atoms with van der Waals surface area (Å²) in [7, 11) is 0. The van der Waals surface area contributed by atoms with Gasteiger partial charge in [-0.1, -0.05) is 41.9 Å². The summed E-state index contributed by atoms with van der Waals surface area (Å²) < 4.78 is 7.89. The van der Waals surface area contributed by atoms with Crippen LogP contribution < -0.4 is 10.1 Å². The highest BCUT2D eigenvalue weighted by molar-refractivity contribution is 9.10. The minimum absolute atomic E-state index is 0.420. The van der Waals surface area contributed by atoms with Crippen LogP contribution in [-0.4, -0.2) is 11.0 Å². The van der Waals surface area contributed by atoms with E-state index in [2.05, 4.69) is 56.0 Å². The molecule has 1 heterocycles. The summed E-state index contributed by atoms with van der Waals surface area (Å²) in [4.78, 5) is 4.37. The number of pyridine rings is 1. The lowest BCUT2D eigenvalue weighted by Gasteiger charge is -2.13. The van der Waals surface area contributed by atoms with Crippen molar-refractivity contribution in [3.8, 4) is 5.88 Å². The normalized spacial score (nSPS) is 10.9. The molecule has 3 nitrogen and oxygen atoms in total. The third kappa shape index (κ3) is 5.41. The van der Waals surface area contributed by atoms with Crippen LogP contribution in [0.4, 0.5) is 0 Å². The number of benzene rings is 1. The van der Waals surface area contributed by atoms with Crippen molar-refractivity contribution in [1.82, 2.24) is 10.3 Å². The van der Waals surface area contributed by atoms with Crippen LogP contribution >= 0.6 is 31.9 Å². The molecule has 21 heavy (non-hydrogen) atoms. The zero-order chi connectivity index (χ0) is 15.2. The number of halogens is 2. The largest absolute Gasteiger partial charge is 0.473 e.